The Morgan fingerprint density at radius 2 is 2.50 bits per heavy atom. The topological polar surface area (TPSA) is 90.4 Å². The van der Waals surface area contributed by atoms with E-state index in [1.807, 2.05) is 0 Å². The fourth-order valence-corrected chi connectivity index (χ4v) is 1.96. The van der Waals surface area contributed by atoms with Gasteiger partial charge >= 0.3 is 5.69 Å². The lowest BCUT2D eigenvalue weighted by Gasteiger charge is -2.14. The number of alkyl halides is 1. The van der Waals surface area contributed by atoms with Crippen LogP contribution in [0.2, 0.25) is 0 Å². The van der Waals surface area contributed by atoms with Crippen LogP contribution in [0.15, 0.2) is 17.1 Å². The van der Waals surface area contributed by atoms with Crippen molar-refractivity contribution < 1.29 is 9.84 Å². The fourth-order valence-electron chi connectivity index (χ4n) is 1.67. The molecule has 1 aliphatic heterocycles. The number of ether oxygens (including phenoxy) is 1. The van der Waals surface area contributed by atoms with Crippen LogP contribution < -0.4 is 11.4 Å². The summed E-state index contributed by atoms with van der Waals surface area (Å²) in [5.74, 6) is 0.167. The number of nitrogens with zero attached hydrogens (tertiary/aromatic N) is 2. The summed E-state index contributed by atoms with van der Waals surface area (Å²) in [4.78, 5) is 15.1. The molecule has 0 aliphatic carbocycles. The first-order chi connectivity index (χ1) is 7.61. The Morgan fingerprint density at radius 1 is 1.75 bits per heavy atom. The lowest BCUT2D eigenvalue weighted by atomic mass is 10.2. The number of anilines is 1. The maximum Gasteiger partial charge on any atom is 0.351 e. The molecule has 3 atom stereocenters. The quantitative estimate of drug-likeness (QED) is 0.699. The average molecular weight is 246 g/mol. The largest absolute Gasteiger partial charge is 0.394 e. The Hall–Kier alpha value is -1.11. The minimum Gasteiger partial charge on any atom is -0.394 e. The molecule has 0 saturated carbocycles. The zero-order chi connectivity index (χ0) is 11.7. The molecule has 0 amide bonds. The number of nitrogens with two attached hydrogens (primary N) is 1. The zero-order valence-corrected chi connectivity index (χ0v) is 9.17. The predicted octanol–water partition coefficient (Wildman–Crippen LogP) is -0.287. The molecule has 16 heavy (non-hydrogen) atoms. The molecular formula is C9H12ClN3O3. The van der Waals surface area contributed by atoms with Crippen molar-refractivity contribution in [2.75, 3.05) is 12.3 Å². The summed E-state index contributed by atoms with van der Waals surface area (Å²) in [5, 5.41) is 8.68. The Bertz CT molecular complexity index is 436. The van der Waals surface area contributed by atoms with Gasteiger partial charge < -0.3 is 15.6 Å². The van der Waals surface area contributed by atoms with Crippen LogP contribution in [0.4, 0.5) is 5.82 Å². The van der Waals surface area contributed by atoms with Crippen LogP contribution in [-0.4, -0.2) is 32.7 Å². The number of aromatic nitrogens is 2. The molecule has 0 bridgehead atoms. The monoisotopic (exact) mass is 245 g/mol. The van der Waals surface area contributed by atoms with E-state index in [9.17, 15) is 4.79 Å². The van der Waals surface area contributed by atoms with Gasteiger partial charge in [-0.25, -0.2) is 4.79 Å². The van der Waals surface area contributed by atoms with Crippen LogP contribution in [0.25, 0.3) is 0 Å². The van der Waals surface area contributed by atoms with Crippen LogP contribution in [0.3, 0.4) is 0 Å². The Balaban J connectivity index is 2.23. The number of aliphatic hydroxyl groups is 1. The molecule has 0 unspecified atom stereocenters. The van der Waals surface area contributed by atoms with E-state index in [2.05, 4.69) is 4.98 Å². The van der Waals surface area contributed by atoms with Gasteiger partial charge in [0.15, 0.2) is 0 Å². The van der Waals surface area contributed by atoms with Crippen molar-refractivity contribution in [2.24, 2.45) is 0 Å². The molecule has 6 nitrogen and oxygen atoms in total. The normalized spacial score (nSPS) is 29.5. The summed E-state index contributed by atoms with van der Waals surface area (Å²) in [5.41, 5.74) is 4.90. The van der Waals surface area contributed by atoms with Gasteiger partial charge in [-0.05, 0) is 6.07 Å². The summed E-state index contributed by atoms with van der Waals surface area (Å²) < 4.78 is 6.75. The maximum atomic E-state index is 11.5. The Labute approximate surface area is 96.6 Å². The molecule has 2 rings (SSSR count). The van der Waals surface area contributed by atoms with E-state index in [0.29, 0.717) is 6.42 Å². The summed E-state index contributed by atoms with van der Waals surface area (Å²) in [6.45, 7) is -0.165. The number of nitrogen functional groups attached to an aromatic ring is 1. The highest BCUT2D eigenvalue weighted by Crippen LogP contribution is 2.30. The van der Waals surface area contributed by atoms with Crippen molar-refractivity contribution in [2.45, 2.75) is 24.1 Å². The number of hydrogen-bond donors (Lipinski definition) is 2. The van der Waals surface area contributed by atoms with Gasteiger partial charge in [-0.3, -0.25) is 4.57 Å². The minimum absolute atomic E-state index is 0.165. The van der Waals surface area contributed by atoms with Crippen LogP contribution >= 0.6 is 11.6 Å². The van der Waals surface area contributed by atoms with Gasteiger partial charge in [-0.15, -0.1) is 11.6 Å². The van der Waals surface area contributed by atoms with Crippen LogP contribution in [-0.2, 0) is 4.74 Å². The van der Waals surface area contributed by atoms with Crippen LogP contribution in [0.1, 0.15) is 12.6 Å². The van der Waals surface area contributed by atoms with E-state index in [1.165, 1.54) is 16.8 Å². The minimum atomic E-state index is -0.486. The van der Waals surface area contributed by atoms with E-state index in [1.54, 1.807) is 0 Å². The summed E-state index contributed by atoms with van der Waals surface area (Å²) in [6.07, 6.45) is 1.04. The van der Waals surface area contributed by atoms with Crippen LogP contribution in [0.5, 0.6) is 0 Å². The van der Waals surface area contributed by atoms with Gasteiger partial charge in [0.2, 0.25) is 0 Å². The number of halogens is 1. The first-order valence-electron chi connectivity index (χ1n) is 4.87. The fraction of sp³-hybridized carbons (Fsp3) is 0.556. The number of rotatable bonds is 2. The summed E-state index contributed by atoms with van der Waals surface area (Å²) >= 11 is 5.96. The van der Waals surface area contributed by atoms with Crippen molar-refractivity contribution >= 4 is 17.4 Å². The standard InChI is InChI=1S/C9H12ClN3O3/c10-5-3-8(16-6(5)4-14)13-2-1-7(11)12-9(13)15/h1-2,5-6,8,14H,3-4H2,(H2,11,12,15)/t5-,6+,8+/m0/s1. The molecular weight excluding hydrogens is 234 g/mol. The molecule has 7 heteroatoms. The molecule has 3 N–H and O–H groups in total. The second kappa shape index (κ2) is 4.40. The van der Waals surface area contributed by atoms with Gasteiger partial charge in [0, 0.05) is 12.6 Å². The van der Waals surface area contributed by atoms with Gasteiger partial charge in [-0.2, -0.15) is 4.98 Å². The highest BCUT2D eigenvalue weighted by Gasteiger charge is 2.34. The first kappa shape index (κ1) is 11.4. The van der Waals surface area contributed by atoms with Gasteiger partial charge in [0.1, 0.15) is 12.0 Å². The number of hydrogen-bond acceptors (Lipinski definition) is 5. The Morgan fingerprint density at radius 3 is 3.06 bits per heavy atom. The predicted molar refractivity (Wildman–Crippen MR) is 58.2 cm³/mol. The molecule has 1 aromatic rings. The van der Waals surface area contributed by atoms with Crippen molar-refractivity contribution in [3.63, 3.8) is 0 Å². The van der Waals surface area contributed by atoms with Crippen molar-refractivity contribution in [3.05, 3.63) is 22.7 Å². The average Bonchev–Trinajstić information content (AvgIpc) is 2.59. The van der Waals surface area contributed by atoms with Crippen LogP contribution in [0, 0.1) is 0 Å². The molecule has 0 radical (unpaired) electrons. The van der Waals surface area contributed by atoms with Crippen molar-refractivity contribution in [1.29, 1.82) is 0 Å². The Kier molecular flexibility index (Phi) is 3.13. The second-order valence-corrected chi connectivity index (χ2v) is 4.17. The molecule has 2 heterocycles. The lowest BCUT2D eigenvalue weighted by molar-refractivity contribution is -0.0239. The zero-order valence-electron chi connectivity index (χ0n) is 8.41. The van der Waals surface area contributed by atoms with E-state index in [0.717, 1.165) is 0 Å². The van der Waals surface area contributed by atoms with E-state index in [4.69, 9.17) is 27.2 Å². The second-order valence-electron chi connectivity index (χ2n) is 3.61. The first-order valence-corrected chi connectivity index (χ1v) is 5.30. The molecule has 88 valence electrons. The van der Waals surface area contributed by atoms with E-state index >= 15 is 0 Å². The maximum absolute atomic E-state index is 11.5. The van der Waals surface area contributed by atoms with Gasteiger partial charge in [-0.1, -0.05) is 0 Å². The molecule has 0 aromatic carbocycles. The van der Waals surface area contributed by atoms with E-state index < -0.39 is 18.0 Å². The third kappa shape index (κ3) is 2.04. The third-order valence-electron chi connectivity index (χ3n) is 2.50. The summed E-state index contributed by atoms with van der Waals surface area (Å²) in [7, 11) is 0. The third-order valence-corrected chi connectivity index (χ3v) is 2.96. The molecule has 0 spiro atoms. The van der Waals surface area contributed by atoms with Crippen molar-refractivity contribution in [1.82, 2.24) is 9.55 Å². The molecule has 1 aromatic heterocycles. The molecule has 1 fully saturated rings. The summed E-state index contributed by atoms with van der Waals surface area (Å²) in [6, 6.07) is 1.51. The van der Waals surface area contributed by atoms with Gasteiger partial charge in [0.25, 0.3) is 0 Å². The van der Waals surface area contributed by atoms with E-state index in [-0.39, 0.29) is 17.8 Å². The van der Waals surface area contributed by atoms with Gasteiger partial charge in [0.05, 0.1) is 18.1 Å². The smallest absolute Gasteiger partial charge is 0.351 e. The highest BCUT2D eigenvalue weighted by molar-refractivity contribution is 6.21. The number of aliphatic hydroxyl groups excluding tert-OH is 1. The molecule has 1 aliphatic rings. The molecule has 1 saturated heterocycles. The SMILES string of the molecule is Nc1ccn([C@H]2C[C@H](Cl)[C@@H](CO)O2)c(=O)n1. The highest BCUT2D eigenvalue weighted by atomic mass is 35.5. The lowest BCUT2D eigenvalue weighted by Crippen LogP contribution is -2.27. The van der Waals surface area contributed by atoms with Crippen molar-refractivity contribution in [3.8, 4) is 0 Å².